The minimum absolute atomic E-state index is 0.249. The Morgan fingerprint density at radius 3 is 2.73 bits per heavy atom. The average molecular weight is 447 g/mol. The molecular formula is C24H22FN5O3. The predicted molar refractivity (Wildman–Crippen MR) is 123 cm³/mol. The zero-order valence-electron chi connectivity index (χ0n) is 18.0. The van der Waals surface area contributed by atoms with E-state index >= 15 is 0 Å². The number of nitrogens with zero attached hydrogens (tertiary/aromatic N) is 3. The van der Waals surface area contributed by atoms with Crippen LogP contribution >= 0.6 is 0 Å². The van der Waals surface area contributed by atoms with Crippen LogP contribution in [-0.2, 0) is 4.74 Å². The summed E-state index contributed by atoms with van der Waals surface area (Å²) in [5.41, 5.74) is 2.80. The lowest BCUT2D eigenvalue weighted by atomic mass is 10.1. The van der Waals surface area contributed by atoms with Crippen LogP contribution in [0.4, 0.5) is 15.9 Å². The molecule has 2 aromatic heterocycles. The van der Waals surface area contributed by atoms with Crippen LogP contribution in [0.5, 0.6) is 5.75 Å². The lowest BCUT2D eigenvalue weighted by molar-refractivity contribution is 0.102. The fourth-order valence-electron chi connectivity index (χ4n) is 3.90. The van der Waals surface area contributed by atoms with Gasteiger partial charge in [-0.05, 0) is 42.5 Å². The number of pyridine rings is 1. The molecule has 2 N–H and O–H groups in total. The Morgan fingerprint density at radius 1 is 1.18 bits per heavy atom. The maximum Gasteiger partial charge on any atom is 0.256 e. The van der Waals surface area contributed by atoms with Crippen LogP contribution in [0.15, 0.2) is 54.7 Å². The number of fused-ring (bicyclic) bond motifs is 1. The molecule has 33 heavy (non-hydrogen) atoms. The number of H-pyrrole nitrogens is 1. The van der Waals surface area contributed by atoms with Crippen LogP contribution < -0.4 is 15.0 Å². The molecule has 0 bridgehead atoms. The first-order chi connectivity index (χ1) is 16.1. The van der Waals surface area contributed by atoms with Crippen LogP contribution in [0, 0.1) is 5.82 Å². The van der Waals surface area contributed by atoms with Crippen LogP contribution in [0.3, 0.4) is 0 Å². The molecule has 4 aromatic rings. The molecule has 0 aliphatic carbocycles. The summed E-state index contributed by atoms with van der Waals surface area (Å²) in [6.45, 7) is 3.05. The largest absolute Gasteiger partial charge is 0.496 e. The second-order valence-corrected chi connectivity index (χ2v) is 7.60. The number of hydrogen-bond acceptors (Lipinski definition) is 6. The van der Waals surface area contributed by atoms with Gasteiger partial charge >= 0.3 is 0 Å². The van der Waals surface area contributed by atoms with Crippen molar-refractivity contribution in [1.82, 2.24) is 15.2 Å². The fourth-order valence-corrected chi connectivity index (χ4v) is 3.90. The monoisotopic (exact) mass is 447 g/mol. The molecule has 2 aromatic carbocycles. The number of benzene rings is 2. The van der Waals surface area contributed by atoms with Gasteiger partial charge in [0.05, 0.1) is 43.3 Å². The summed E-state index contributed by atoms with van der Waals surface area (Å²) in [5.74, 6) is -0.0306. The number of aromatic amines is 1. The fraction of sp³-hybridized carbons (Fsp3) is 0.208. The second kappa shape index (κ2) is 8.87. The number of nitrogens with one attached hydrogen (secondary N) is 2. The van der Waals surface area contributed by atoms with Crippen molar-refractivity contribution in [2.75, 3.05) is 43.6 Å². The Hall–Kier alpha value is -3.98. The predicted octanol–water partition coefficient (Wildman–Crippen LogP) is 3.86. The molecule has 0 spiro atoms. The summed E-state index contributed by atoms with van der Waals surface area (Å²) < 4.78 is 25.2. The number of halogens is 1. The van der Waals surface area contributed by atoms with Gasteiger partial charge in [0.25, 0.3) is 5.91 Å². The highest BCUT2D eigenvalue weighted by atomic mass is 19.1. The smallest absolute Gasteiger partial charge is 0.256 e. The normalized spacial score (nSPS) is 13.8. The second-order valence-electron chi connectivity index (χ2n) is 7.60. The zero-order valence-corrected chi connectivity index (χ0v) is 18.0. The molecule has 1 aliphatic rings. The van der Waals surface area contributed by atoms with E-state index in [0.717, 1.165) is 18.8 Å². The van der Waals surface area contributed by atoms with Crippen LogP contribution in [0.1, 0.15) is 10.4 Å². The standard InChI is InChI=1S/C24H22FN5O3/c1-32-21-4-2-3-18(25)22(21)19-13-17-20(14-26-19)28-29-23(17)27-24(31)15-5-7-16(8-6-15)30-9-11-33-12-10-30/h2-8,13-14H,9-12H2,1H3,(H2,27,28,29,31). The first-order valence-electron chi connectivity index (χ1n) is 10.5. The quantitative estimate of drug-likeness (QED) is 0.483. The molecule has 0 saturated carbocycles. The van der Waals surface area contributed by atoms with E-state index in [1.807, 2.05) is 12.1 Å². The summed E-state index contributed by atoms with van der Waals surface area (Å²) in [4.78, 5) is 19.4. The molecule has 0 unspecified atom stereocenters. The molecule has 3 heterocycles. The minimum Gasteiger partial charge on any atom is -0.496 e. The lowest BCUT2D eigenvalue weighted by Crippen LogP contribution is -2.36. The third-order valence-electron chi connectivity index (χ3n) is 5.64. The van der Waals surface area contributed by atoms with E-state index in [1.165, 1.54) is 13.2 Å². The number of hydrogen-bond donors (Lipinski definition) is 2. The van der Waals surface area contributed by atoms with Crippen LogP contribution in [0.25, 0.3) is 22.2 Å². The van der Waals surface area contributed by atoms with E-state index in [9.17, 15) is 9.18 Å². The van der Waals surface area contributed by atoms with Gasteiger partial charge in [0.2, 0.25) is 0 Å². The Kier molecular flexibility index (Phi) is 5.62. The van der Waals surface area contributed by atoms with Crippen molar-refractivity contribution in [3.05, 3.63) is 66.1 Å². The number of methoxy groups -OCH3 is 1. The van der Waals surface area contributed by atoms with Crippen LogP contribution in [0.2, 0.25) is 0 Å². The highest BCUT2D eigenvalue weighted by Crippen LogP contribution is 2.33. The molecule has 8 nitrogen and oxygen atoms in total. The molecule has 1 saturated heterocycles. The Bertz CT molecular complexity index is 1300. The number of morpholine rings is 1. The van der Waals surface area contributed by atoms with Gasteiger partial charge in [-0.2, -0.15) is 5.10 Å². The van der Waals surface area contributed by atoms with E-state index in [0.29, 0.717) is 46.9 Å². The highest BCUT2D eigenvalue weighted by molar-refractivity contribution is 6.08. The molecule has 1 amide bonds. The summed E-state index contributed by atoms with van der Waals surface area (Å²) in [7, 11) is 1.48. The number of ether oxygens (including phenoxy) is 2. The number of aromatic nitrogens is 3. The Balaban J connectivity index is 1.40. The van der Waals surface area contributed by atoms with Crippen molar-refractivity contribution in [2.24, 2.45) is 0 Å². The van der Waals surface area contributed by atoms with E-state index in [4.69, 9.17) is 9.47 Å². The van der Waals surface area contributed by atoms with Crippen molar-refractivity contribution in [1.29, 1.82) is 0 Å². The number of carbonyl (C=O) groups is 1. The SMILES string of the molecule is COc1cccc(F)c1-c1cc2c(NC(=O)c3ccc(N4CCOCC4)cc3)n[nH]c2cn1. The molecule has 0 radical (unpaired) electrons. The Labute approximate surface area is 189 Å². The summed E-state index contributed by atoms with van der Waals surface area (Å²) in [6.07, 6.45) is 1.55. The molecule has 0 atom stereocenters. The number of anilines is 2. The highest BCUT2D eigenvalue weighted by Gasteiger charge is 2.17. The van der Waals surface area contributed by atoms with E-state index < -0.39 is 5.82 Å². The number of amides is 1. The first kappa shape index (κ1) is 20.9. The maximum absolute atomic E-state index is 14.5. The first-order valence-corrected chi connectivity index (χ1v) is 10.5. The lowest BCUT2D eigenvalue weighted by Gasteiger charge is -2.28. The number of carbonyl (C=O) groups excluding carboxylic acids is 1. The summed E-state index contributed by atoms with van der Waals surface area (Å²) >= 11 is 0. The van der Waals surface area contributed by atoms with Crippen molar-refractivity contribution in [3.63, 3.8) is 0 Å². The third kappa shape index (κ3) is 4.10. The van der Waals surface area contributed by atoms with E-state index in [1.54, 1.807) is 36.5 Å². The molecular weight excluding hydrogens is 425 g/mol. The minimum atomic E-state index is -0.448. The third-order valence-corrected chi connectivity index (χ3v) is 5.64. The van der Waals surface area contributed by atoms with Crippen molar-refractivity contribution in [2.45, 2.75) is 0 Å². The average Bonchev–Trinajstić information content (AvgIpc) is 3.26. The van der Waals surface area contributed by atoms with Crippen molar-refractivity contribution in [3.8, 4) is 17.0 Å². The van der Waals surface area contributed by atoms with Gasteiger partial charge in [0.15, 0.2) is 5.82 Å². The zero-order chi connectivity index (χ0) is 22.8. The summed E-state index contributed by atoms with van der Waals surface area (Å²) in [5, 5.41) is 10.5. The van der Waals surface area contributed by atoms with Gasteiger partial charge in [-0.25, -0.2) is 4.39 Å². The molecule has 5 rings (SSSR count). The van der Waals surface area contributed by atoms with Crippen molar-refractivity contribution < 1.29 is 18.7 Å². The van der Waals surface area contributed by atoms with Gasteiger partial charge in [-0.1, -0.05) is 6.07 Å². The van der Waals surface area contributed by atoms with Gasteiger partial charge < -0.3 is 19.7 Å². The topological polar surface area (TPSA) is 92.4 Å². The molecule has 1 fully saturated rings. The van der Waals surface area contributed by atoms with Gasteiger partial charge in [-0.15, -0.1) is 0 Å². The maximum atomic E-state index is 14.5. The van der Waals surface area contributed by atoms with Gasteiger partial charge in [-0.3, -0.25) is 14.9 Å². The molecule has 1 aliphatic heterocycles. The van der Waals surface area contributed by atoms with Crippen LogP contribution in [-0.4, -0.2) is 54.5 Å². The summed E-state index contributed by atoms with van der Waals surface area (Å²) in [6, 6.07) is 13.7. The van der Waals surface area contributed by atoms with Gasteiger partial charge in [0.1, 0.15) is 11.6 Å². The van der Waals surface area contributed by atoms with Crippen molar-refractivity contribution >= 4 is 28.3 Å². The van der Waals surface area contributed by atoms with E-state index in [2.05, 4.69) is 25.4 Å². The number of rotatable bonds is 5. The molecule has 168 valence electrons. The van der Waals surface area contributed by atoms with E-state index in [-0.39, 0.29) is 11.5 Å². The molecule has 9 heteroatoms. The van der Waals surface area contributed by atoms with Gasteiger partial charge in [0, 0.05) is 29.7 Å². The Morgan fingerprint density at radius 2 is 1.97 bits per heavy atom.